The van der Waals surface area contributed by atoms with Crippen molar-refractivity contribution < 1.29 is 4.79 Å². The smallest absolute Gasteiger partial charge is 0.220 e. The van der Waals surface area contributed by atoms with Crippen LogP contribution >= 0.6 is 0 Å². The number of hydrogen-bond donors (Lipinski definition) is 3. The van der Waals surface area contributed by atoms with Crippen molar-refractivity contribution in [1.29, 1.82) is 0 Å². The third-order valence-corrected chi connectivity index (χ3v) is 7.29. The van der Waals surface area contributed by atoms with Gasteiger partial charge in [-0.2, -0.15) is 0 Å². The molecule has 0 atom stereocenters. The summed E-state index contributed by atoms with van der Waals surface area (Å²) >= 11 is 0. The highest BCUT2D eigenvalue weighted by Crippen LogP contribution is 2.61. The average molecular weight is 421 g/mol. The molecule has 0 radical (unpaired) electrons. The summed E-state index contributed by atoms with van der Waals surface area (Å²) in [6.07, 6.45) is 10.6. The van der Waals surface area contributed by atoms with E-state index in [1.54, 1.807) is 6.20 Å². The summed E-state index contributed by atoms with van der Waals surface area (Å²) < 4.78 is 0. The predicted octanol–water partition coefficient (Wildman–Crippen LogP) is 4.06. The Kier molecular flexibility index (Phi) is 5.50. The molecule has 31 heavy (non-hydrogen) atoms. The second-order valence-corrected chi connectivity index (χ2v) is 10.0. The Labute approximate surface area is 183 Å². The molecule has 0 aromatic carbocycles. The number of hydrogen-bond acceptors (Lipinski definition) is 6. The minimum Gasteiger partial charge on any atom is -0.367 e. The molecule has 2 heterocycles. The molecule has 7 nitrogen and oxygen atoms in total. The van der Waals surface area contributed by atoms with E-state index in [0.29, 0.717) is 36.6 Å². The SMILES string of the molecule is Cc1ccnc(Nc2ccc(NCCNC(=O)CC34CC5CC(CC(C5)C3)C4)nn2)c1. The van der Waals surface area contributed by atoms with E-state index >= 15 is 0 Å². The Morgan fingerprint density at radius 1 is 0.968 bits per heavy atom. The van der Waals surface area contributed by atoms with E-state index < -0.39 is 0 Å². The molecule has 4 bridgehead atoms. The minimum atomic E-state index is 0.208. The summed E-state index contributed by atoms with van der Waals surface area (Å²) in [4.78, 5) is 16.9. The van der Waals surface area contributed by atoms with Crippen LogP contribution in [-0.2, 0) is 4.79 Å². The number of anilines is 3. The molecule has 4 fully saturated rings. The van der Waals surface area contributed by atoms with Gasteiger partial charge in [0.1, 0.15) is 11.6 Å². The number of nitrogens with one attached hydrogen (secondary N) is 3. The van der Waals surface area contributed by atoms with Gasteiger partial charge >= 0.3 is 0 Å². The largest absolute Gasteiger partial charge is 0.367 e. The Morgan fingerprint density at radius 3 is 2.29 bits per heavy atom. The molecular weight excluding hydrogens is 388 g/mol. The highest BCUT2D eigenvalue weighted by Gasteiger charge is 2.51. The van der Waals surface area contributed by atoms with E-state index in [0.717, 1.165) is 29.1 Å². The van der Waals surface area contributed by atoms with Crippen molar-refractivity contribution in [2.75, 3.05) is 23.7 Å². The van der Waals surface area contributed by atoms with Crippen LogP contribution in [0, 0.1) is 30.1 Å². The first-order chi connectivity index (χ1) is 15.1. The van der Waals surface area contributed by atoms with Crippen LogP contribution in [0.4, 0.5) is 17.5 Å². The van der Waals surface area contributed by atoms with Crippen LogP contribution < -0.4 is 16.0 Å². The number of pyridine rings is 1. The monoisotopic (exact) mass is 420 g/mol. The van der Waals surface area contributed by atoms with Crippen molar-refractivity contribution in [3.05, 3.63) is 36.0 Å². The maximum Gasteiger partial charge on any atom is 0.220 e. The number of nitrogens with zero attached hydrogens (tertiary/aromatic N) is 3. The number of amides is 1. The van der Waals surface area contributed by atoms with Crippen LogP contribution in [0.2, 0.25) is 0 Å². The Balaban J connectivity index is 1.04. The van der Waals surface area contributed by atoms with E-state index in [2.05, 4.69) is 31.1 Å². The van der Waals surface area contributed by atoms with Crippen LogP contribution in [0.1, 0.15) is 50.5 Å². The van der Waals surface area contributed by atoms with Crippen molar-refractivity contribution in [2.45, 2.75) is 51.9 Å². The first kappa shape index (κ1) is 20.2. The molecule has 3 N–H and O–H groups in total. The van der Waals surface area contributed by atoms with Crippen LogP contribution in [0.3, 0.4) is 0 Å². The minimum absolute atomic E-state index is 0.208. The van der Waals surface area contributed by atoms with Gasteiger partial charge in [0.15, 0.2) is 5.82 Å². The summed E-state index contributed by atoms with van der Waals surface area (Å²) in [5.74, 6) is 4.96. The van der Waals surface area contributed by atoms with Crippen molar-refractivity contribution in [3.8, 4) is 0 Å². The zero-order valence-electron chi connectivity index (χ0n) is 18.2. The number of carbonyl (C=O) groups is 1. The average Bonchev–Trinajstić information content (AvgIpc) is 2.71. The second kappa shape index (κ2) is 8.44. The molecule has 0 aliphatic heterocycles. The fourth-order valence-electron chi connectivity index (χ4n) is 6.53. The van der Waals surface area contributed by atoms with Crippen molar-refractivity contribution >= 4 is 23.4 Å². The third-order valence-electron chi connectivity index (χ3n) is 7.29. The highest BCUT2D eigenvalue weighted by atomic mass is 16.1. The number of carbonyl (C=O) groups excluding carboxylic acids is 1. The molecule has 1 amide bonds. The molecular formula is C24H32N6O. The molecule has 7 heteroatoms. The van der Waals surface area contributed by atoms with E-state index in [4.69, 9.17) is 0 Å². The molecule has 0 spiro atoms. The molecule has 6 rings (SSSR count). The van der Waals surface area contributed by atoms with Crippen LogP contribution in [-0.4, -0.2) is 34.2 Å². The number of aryl methyl sites for hydroxylation is 1. The van der Waals surface area contributed by atoms with E-state index in [1.165, 1.54) is 38.5 Å². The molecule has 4 aliphatic rings. The molecule has 4 aliphatic carbocycles. The standard InChI is InChI=1S/C24H32N6O/c1-16-4-5-25-22(8-16)28-21-3-2-20(29-30-21)26-6-7-27-23(31)15-24-12-17-9-18(13-24)11-19(10-17)14-24/h2-5,8,17-19H,6-7,9-15H2,1H3,(H,26,29)(H,27,31)(H,25,28,30). The fourth-order valence-corrected chi connectivity index (χ4v) is 6.53. The lowest BCUT2D eigenvalue weighted by Gasteiger charge is -2.56. The van der Waals surface area contributed by atoms with E-state index in [1.807, 2.05) is 31.2 Å². The van der Waals surface area contributed by atoms with Crippen molar-refractivity contribution in [1.82, 2.24) is 20.5 Å². The summed E-state index contributed by atoms with van der Waals surface area (Å²) in [7, 11) is 0. The van der Waals surface area contributed by atoms with Gasteiger partial charge in [-0.15, -0.1) is 10.2 Å². The lowest BCUT2D eigenvalue weighted by molar-refractivity contribution is -0.129. The lowest BCUT2D eigenvalue weighted by atomic mass is 9.49. The van der Waals surface area contributed by atoms with Gasteiger partial charge in [0.05, 0.1) is 0 Å². The Bertz CT molecular complexity index is 893. The number of rotatable bonds is 8. The zero-order valence-corrected chi connectivity index (χ0v) is 18.2. The quantitative estimate of drug-likeness (QED) is 0.558. The maximum atomic E-state index is 12.6. The lowest BCUT2D eigenvalue weighted by Crippen LogP contribution is -2.48. The Hall–Kier alpha value is -2.70. The molecule has 2 aromatic heterocycles. The van der Waals surface area contributed by atoms with Crippen LogP contribution in [0.5, 0.6) is 0 Å². The summed E-state index contributed by atoms with van der Waals surface area (Å²) in [5, 5.41) is 17.9. The van der Waals surface area contributed by atoms with Crippen molar-refractivity contribution in [2.24, 2.45) is 23.2 Å². The van der Waals surface area contributed by atoms with Crippen LogP contribution in [0.25, 0.3) is 0 Å². The van der Waals surface area contributed by atoms with Gasteiger partial charge in [-0.05, 0) is 98.4 Å². The fraction of sp³-hybridized carbons (Fsp3) is 0.583. The molecule has 4 saturated carbocycles. The van der Waals surface area contributed by atoms with Gasteiger partial charge in [0, 0.05) is 25.7 Å². The summed E-state index contributed by atoms with van der Waals surface area (Å²) in [5.41, 5.74) is 1.43. The van der Waals surface area contributed by atoms with Gasteiger partial charge in [-0.25, -0.2) is 4.98 Å². The van der Waals surface area contributed by atoms with E-state index in [-0.39, 0.29) is 5.91 Å². The Morgan fingerprint density at radius 2 is 1.65 bits per heavy atom. The first-order valence-corrected chi connectivity index (χ1v) is 11.6. The molecule has 0 unspecified atom stereocenters. The molecule has 2 aromatic rings. The second-order valence-electron chi connectivity index (χ2n) is 10.0. The topological polar surface area (TPSA) is 91.8 Å². The van der Waals surface area contributed by atoms with Gasteiger partial charge in [0.2, 0.25) is 5.91 Å². The van der Waals surface area contributed by atoms with Crippen LogP contribution in [0.15, 0.2) is 30.5 Å². The van der Waals surface area contributed by atoms with Gasteiger partial charge in [-0.1, -0.05) is 0 Å². The third kappa shape index (κ3) is 4.81. The van der Waals surface area contributed by atoms with Crippen molar-refractivity contribution in [3.63, 3.8) is 0 Å². The zero-order chi connectivity index (χ0) is 21.3. The normalized spacial score (nSPS) is 28.4. The highest BCUT2D eigenvalue weighted by molar-refractivity contribution is 5.76. The van der Waals surface area contributed by atoms with Gasteiger partial charge in [-0.3, -0.25) is 4.79 Å². The summed E-state index contributed by atoms with van der Waals surface area (Å²) in [6.45, 7) is 3.25. The molecule has 0 saturated heterocycles. The number of aromatic nitrogens is 3. The van der Waals surface area contributed by atoms with Gasteiger partial charge in [0.25, 0.3) is 0 Å². The molecule has 164 valence electrons. The van der Waals surface area contributed by atoms with E-state index in [9.17, 15) is 4.79 Å². The maximum absolute atomic E-state index is 12.6. The van der Waals surface area contributed by atoms with Gasteiger partial charge < -0.3 is 16.0 Å². The summed E-state index contributed by atoms with van der Waals surface area (Å²) in [6, 6.07) is 7.65. The predicted molar refractivity (Wildman–Crippen MR) is 121 cm³/mol. The first-order valence-electron chi connectivity index (χ1n) is 11.6.